The Hall–Kier alpha value is -3.06. The predicted octanol–water partition coefficient (Wildman–Crippen LogP) is 3.27. The number of aromatic nitrogens is 2. The molecule has 0 aliphatic heterocycles. The summed E-state index contributed by atoms with van der Waals surface area (Å²) in [4.78, 5) is 16.0. The summed E-state index contributed by atoms with van der Waals surface area (Å²) in [7, 11) is 0. The Kier molecular flexibility index (Phi) is 6.05. The van der Waals surface area contributed by atoms with Crippen LogP contribution in [0.25, 0.3) is 11.4 Å². The van der Waals surface area contributed by atoms with E-state index in [4.69, 9.17) is 20.9 Å². The average molecular weight is 373 g/mol. The number of urea groups is 1. The number of hydrogen-bond donors (Lipinski definition) is 2. The van der Waals surface area contributed by atoms with E-state index >= 15 is 0 Å². The van der Waals surface area contributed by atoms with Crippen LogP contribution in [0.1, 0.15) is 5.89 Å². The van der Waals surface area contributed by atoms with Crippen molar-refractivity contribution in [2.45, 2.75) is 6.54 Å². The van der Waals surface area contributed by atoms with Gasteiger partial charge in [0.15, 0.2) is 0 Å². The summed E-state index contributed by atoms with van der Waals surface area (Å²) in [5.74, 6) is 1.51. The van der Waals surface area contributed by atoms with Gasteiger partial charge in [-0.05, 0) is 36.4 Å². The monoisotopic (exact) mass is 372 g/mol. The molecule has 0 unspecified atom stereocenters. The van der Waals surface area contributed by atoms with Crippen molar-refractivity contribution in [1.29, 1.82) is 0 Å². The van der Waals surface area contributed by atoms with Crippen LogP contribution in [-0.4, -0.2) is 29.3 Å². The van der Waals surface area contributed by atoms with Crippen molar-refractivity contribution in [3.63, 3.8) is 0 Å². The molecule has 0 bridgehead atoms. The second-order valence-electron chi connectivity index (χ2n) is 5.29. The lowest BCUT2D eigenvalue weighted by atomic mass is 10.2. The summed E-state index contributed by atoms with van der Waals surface area (Å²) in [6.45, 7) is 0.880. The van der Waals surface area contributed by atoms with E-state index in [9.17, 15) is 4.79 Å². The fourth-order valence-corrected chi connectivity index (χ4v) is 2.24. The van der Waals surface area contributed by atoms with Gasteiger partial charge in [0.25, 0.3) is 0 Å². The predicted molar refractivity (Wildman–Crippen MR) is 96.9 cm³/mol. The Morgan fingerprint density at radius 1 is 1.08 bits per heavy atom. The van der Waals surface area contributed by atoms with Crippen molar-refractivity contribution in [1.82, 2.24) is 20.8 Å². The van der Waals surface area contributed by atoms with Gasteiger partial charge in [-0.25, -0.2) is 4.79 Å². The maximum absolute atomic E-state index is 11.8. The molecule has 0 fully saturated rings. The van der Waals surface area contributed by atoms with Gasteiger partial charge in [-0.2, -0.15) is 4.98 Å². The fourth-order valence-electron chi connectivity index (χ4n) is 2.11. The molecule has 8 heteroatoms. The van der Waals surface area contributed by atoms with E-state index in [2.05, 4.69) is 20.8 Å². The molecule has 0 radical (unpaired) electrons. The van der Waals surface area contributed by atoms with Gasteiger partial charge in [0.2, 0.25) is 11.7 Å². The minimum Gasteiger partial charge on any atom is -0.492 e. The first kappa shape index (κ1) is 17.8. The summed E-state index contributed by atoms with van der Waals surface area (Å²) >= 11 is 5.85. The van der Waals surface area contributed by atoms with E-state index in [0.29, 0.717) is 29.9 Å². The molecule has 0 aliphatic rings. The van der Waals surface area contributed by atoms with E-state index in [1.165, 1.54) is 0 Å². The number of amides is 2. The quantitative estimate of drug-likeness (QED) is 0.621. The minimum absolute atomic E-state index is 0.131. The maximum Gasteiger partial charge on any atom is 0.315 e. The molecule has 7 nitrogen and oxygen atoms in total. The van der Waals surface area contributed by atoms with Gasteiger partial charge in [-0.3, -0.25) is 0 Å². The Balaban J connectivity index is 1.38. The zero-order chi connectivity index (χ0) is 18.2. The normalized spacial score (nSPS) is 10.3. The number of carbonyl (C=O) groups excluding carboxylic acids is 1. The highest BCUT2D eigenvalue weighted by molar-refractivity contribution is 6.30. The van der Waals surface area contributed by atoms with Crippen LogP contribution in [0.5, 0.6) is 5.75 Å². The smallest absolute Gasteiger partial charge is 0.315 e. The Morgan fingerprint density at radius 3 is 2.62 bits per heavy atom. The third-order valence-corrected chi connectivity index (χ3v) is 3.62. The molecule has 3 aromatic rings. The van der Waals surface area contributed by atoms with Gasteiger partial charge in [-0.1, -0.05) is 35.0 Å². The number of ether oxygens (including phenoxy) is 1. The molecule has 0 aliphatic carbocycles. The maximum atomic E-state index is 11.8. The lowest BCUT2D eigenvalue weighted by Gasteiger charge is -2.07. The summed E-state index contributed by atoms with van der Waals surface area (Å²) in [5.41, 5.74) is 0.784. The first-order valence-corrected chi connectivity index (χ1v) is 8.36. The number of benzene rings is 2. The number of rotatable bonds is 7. The second kappa shape index (κ2) is 8.87. The van der Waals surface area contributed by atoms with Crippen LogP contribution < -0.4 is 15.4 Å². The van der Waals surface area contributed by atoms with Crippen molar-refractivity contribution >= 4 is 17.6 Å². The summed E-state index contributed by atoms with van der Waals surface area (Å²) < 4.78 is 10.6. The Labute approximate surface area is 155 Å². The standard InChI is InChI=1S/C18H17ClN4O3/c19-14-8-6-13(7-9-14)17-22-16(26-23-17)12-21-18(24)20-10-11-25-15-4-2-1-3-5-15/h1-9H,10-12H2,(H2,20,21,24). The lowest BCUT2D eigenvalue weighted by Crippen LogP contribution is -2.37. The highest BCUT2D eigenvalue weighted by atomic mass is 35.5. The van der Waals surface area contributed by atoms with E-state index in [0.717, 1.165) is 11.3 Å². The minimum atomic E-state index is -0.340. The van der Waals surface area contributed by atoms with Gasteiger partial charge in [0.1, 0.15) is 12.4 Å². The molecule has 0 saturated carbocycles. The topological polar surface area (TPSA) is 89.3 Å². The van der Waals surface area contributed by atoms with E-state index in [-0.39, 0.29) is 12.6 Å². The number of hydrogen-bond acceptors (Lipinski definition) is 5. The molecule has 134 valence electrons. The number of halogens is 1. The molecule has 2 amide bonds. The molecule has 1 aromatic heterocycles. The summed E-state index contributed by atoms with van der Waals surface area (Å²) in [6, 6.07) is 16.1. The highest BCUT2D eigenvalue weighted by Crippen LogP contribution is 2.18. The number of nitrogens with one attached hydrogen (secondary N) is 2. The molecule has 2 N–H and O–H groups in total. The Bertz CT molecular complexity index is 837. The average Bonchev–Trinajstić information content (AvgIpc) is 3.14. The van der Waals surface area contributed by atoms with Crippen LogP contribution in [0.15, 0.2) is 59.1 Å². The van der Waals surface area contributed by atoms with Gasteiger partial charge in [0.05, 0.1) is 13.1 Å². The largest absolute Gasteiger partial charge is 0.492 e. The third-order valence-electron chi connectivity index (χ3n) is 3.37. The van der Waals surface area contributed by atoms with E-state index in [1.54, 1.807) is 24.3 Å². The molecule has 0 spiro atoms. The number of nitrogens with zero attached hydrogens (tertiary/aromatic N) is 2. The van der Waals surface area contributed by atoms with Gasteiger partial charge < -0.3 is 19.9 Å². The SMILES string of the molecule is O=C(NCCOc1ccccc1)NCc1nc(-c2ccc(Cl)cc2)no1. The molecule has 26 heavy (non-hydrogen) atoms. The first-order valence-electron chi connectivity index (χ1n) is 7.99. The third kappa shape index (κ3) is 5.22. The van der Waals surface area contributed by atoms with Crippen LogP contribution in [0.4, 0.5) is 4.79 Å². The number of carbonyl (C=O) groups is 1. The van der Waals surface area contributed by atoms with E-state index in [1.807, 2.05) is 30.3 Å². The zero-order valence-corrected chi connectivity index (χ0v) is 14.6. The van der Waals surface area contributed by atoms with Crippen molar-refractivity contribution in [3.05, 3.63) is 65.5 Å². The van der Waals surface area contributed by atoms with Crippen molar-refractivity contribution in [3.8, 4) is 17.1 Å². The number of para-hydroxylation sites is 1. The second-order valence-corrected chi connectivity index (χ2v) is 5.73. The van der Waals surface area contributed by atoms with Crippen molar-refractivity contribution in [2.75, 3.05) is 13.2 Å². The molecule has 0 atom stereocenters. The molecular weight excluding hydrogens is 356 g/mol. The van der Waals surface area contributed by atoms with Crippen LogP contribution in [0, 0.1) is 0 Å². The summed E-state index contributed by atoms with van der Waals surface area (Å²) in [5, 5.41) is 9.85. The Morgan fingerprint density at radius 2 is 1.85 bits per heavy atom. The first-order chi connectivity index (χ1) is 12.7. The molecule has 2 aromatic carbocycles. The van der Waals surface area contributed by atoms with Crippen molar-refractivity contribution in [2.24, 2.45) is 0 Å². The highest BCUT2D eigenvalue weighted by Gasteiger charge is 2.09. The van der Waals surface area contributed by atoms with Crippen LogP contribution in [-0.2, 0) is 6.54 Å². The molecule has 3 rings (SSSR count). The fraction of sp³-hybridized carbons (Fsp3) is 0.167. The van der Waals surface area contributed by atoms with Crippen LogP contribution in [0.3, 0.4) is 0 Å². The van der Waals surface area contributed by atoms with Crippen molar-refractivity contribution < 1.29 is 14.1 Å². The molecular formula is C18H17ClN4O3. The van der Waals surface area contributed by atoms with E-state index < -0.39 is 0 Å². The van der Waals surface area contributed by atoms with Gasteiger partial charge in [-0.15, -0.1) is 0 Å². The summed E-state index contributed by atoms with van der Waals surface area (Å²) in [6.07, 6.45) is 0. The van der Waals surface area contributed by atoms with Gasteiger partial charge in [0, 0.05) is 10.6 Å². The van der Waals surface area contributed by atoms with Crippen LogP contribution >= 0.6 is 11.6 Å². The molecule has 1 heterocycles. The molecule has 0 saturated heterocycles. The lowest BCUT2D eigenvalue weighted by molar-refractivity contribution is 0.234. The van der Waals surface area contributed by atoms with Gasteiger partial charge >= 0.3 is 6.03 Å². The zero-order valence-electron chi connectivity index (χ0n) is 13.8. The van der Waals surface area contributed by atoms with Crippen LogP contribution in [0.2, 0.25) is 5.02 Å².